The summed E-state index contributed by atoms with van der Waals surface area (Å²) in [6.07, 6.45) is 6.30. The molecule has 0 aliphatic heterocycles. The Morgan fingerprint density at radius 1 is 1.33 bits per heavy atom. The summed E-state index contributed by atoms with van der Waals surface area (Å²) in [6, 6.07) is 5.72. The van der Waals surface area contributed by atoms with Gasteiger partial charge in [-0.15, -0.1) is 0 Å². The second-order valence-corrected chi connectivity index (χ2v) is 4.83. The molecule has 3 aromatic rings. The van der Waals surface area contributed by atoms with Crippen LogP contribution in [-0.2, 0) is 18.1 Å². The van der Waals surface area contributed by atoms with Crippen molar-refractivity contribution in [3.63, 3.8) is 0 Å². The van der Waals surface area contributed by atoms with Gasteiger partial charge in [-0.25, -0.2) is 9.67 Å². The highest BCUT2D eigenvalue weighted by Gasteiger charge is 2.10. The highest BCUT2D eigenvalue weighted by Crippen LogP contribution is 2.22. The average Bonchev–Trinajstić information content (AvgIpc) is 3.15. The molecule has 6 nitrogen and oxygen atoms in total. The Hall–Kier alpha value is -2.18. The Labute approximate surface area is 122 Å². The summed E-state index contributed by atoms with van der Waals surface area (Å²) in [6.45, 7) is 3.21. The number of imidazole rings is 1. The molecule has 0 unspecified atom stereocenters. The molecule has 0 saturated carbocycles. The zero-order valence-corrected chi connectivity index (χ0v) is 11.9. The first-order valence-electron chi connectivity index (χ1n) is 7.00. The lowest BCUT2D eigenvalue weighted by Gasteiger charge is -2.10. The average molecular weight is 286 g/mol. The maximum atomic E-state index is 9.62. The normalized spacial score (nSPS) is 11.3. The standard InChI is InChI=1S/C15H18N4O2/c1-2-6-21-11-18-10-16-13-8-14(19-5-3-4-17-19)12(9-20)7-15(13)18/h3-5,7-8,10,20H,2,6,9,11H2,1H3. The van der Waals surface area contributed by atoms with Crippen LogP contribution in [0.2, 0.25) is 0 Å². The quantitative estimate of drug-likeness (QED) is 0.705. The molecule has 21 heavy (non-hydrogen) atoms. The van der Waals surface area contributed by atoms with Crippen molar-refractivity contribution in [1.29, 1.82) is 0 Å². The zero-order valence-electron chi connectivity index (χ0n) is 11.9. The number of aromatic nitrogens is 4. The van der Waals surface area contributed by atoms with Crippen molar-refractivity contribution >= 4 is 11.0 Å². The van der Waals surface area contributed by atoms with Crippen molar-refractivity contribution in [2.24, 2.45) is 0 Å². The molecule has 0 amide bonds. The van der Waals surface area contributed by atoms with Gasteiger partial charge in [-0.2, -0.15) is 5.10 Å². The van der Waals surface area contributed by atoms with E-state index in [-0.39, 0.29) is 6.61 Å². The molecule has 3 rings (SSSR count). The van der Waals surface area contributed by atoms with E-state index in [1.807, 2.05) is 29.0 Å². The van der Waals surface area contributed by atoms with Gasteiger partial charge in [0.1, 0.15) is 6.73 Å². The van der Waals surface area contributed by atoms with Gasteiger partial charge in [0.25, 0.3) is 0 Å². The third-order valence-electron chi connectivity index (χ3n) is 3.32. The minimum absolute atomic E-state index is 0.0495. The summed E-state index contributed by atoms with van der Waals surface area (Å²) < 4.78 is 9.23. The molecule has 2 heterocycles. The number of benzene rings is 1. The van der Waals surface area contributed by atoms with Crippen molar-refractivity contribution in [3.05, 3.63) is 42.5 Å². The van der Waals surface area contributed by atoms with Crippen molar-refractivity contribution in [3.8, 4) is 5.69 Å². The van der Waals surface area contributed by atoms with E-state index in [0.717, 1.165) is 35.3 Å². The number of fused-ring (bicyclic) bond motifs is 1. The molecule has 0 aliphatic rings. The summed E-state index contributed by atoms with van der Waals surface area (Å²) in [5.74, 6) is 0. The number of aliphatic hydroxyl groups excluding tert-OH is 1. The minimum Gasteiger partial charge on any atom is -0.392 e. The molecular weight excluding hydrogens is 268 g/mol. The molecule has 0 spiro atoms. The maximum absolute atomic E-state index is 9.62. The Bertz CT molecular complexity index is 719. The van der Waals surface area contributed by atoms with E-state index in [4.69, 9.17) is 4.74 Å². The molecule has 0 bridgehead atoms. The van der Waals surface area contributed by atoms with Crippen molar-refractivity contribution in [2.75, 3.05) is 6.61 Å². The molecule has 110 valence electrons. The molecule has 0 atom stereocenters. The number of aliphatic hydroxyl groups is 1. The van der Waals surface area contributed by atoms with Crippen LogP contribution in [0.4, 0.5) is 0 Å². The van der Waals surface area contributed by atoms with Crippen LogP contribution in [0.5, 0.6) is 0 Å². The number of hydrogen-bond donors (Lipinski definition) is 1. The fraction of sp³-hybridized carbons (Fsp3) is 0.333. The van der Waals surface area contributed by atoms with Crippen LogP contribution in [0, 0.1) is 0 Å². The summed E-state index contributed by atoms with van der Waals surface area (Å²) in [7, 11) is 0. The van der Waals surface area contributed by atoms with Gasteiger partial charge in [0.05, 0.1) is 29.7 Å². The first kappa shape index (κ1) is 13.8. The van der Waals surface area contributed by atoms with Gasteiger partial charge in [0.2, 0.25) is 0 Å². The largest absolute Gasteiger partial charge is 0.392 e. The van der Waals surface area contributed by atoms with Gasteiger partial charge in [0.15, 0.2) is 0 Å². The zero-order chi connectivity index (χ0) is 14.7. The second-order valence-electron chi connectivity index (χ2n) is 4.83. The van der Waals surface area contributed by atoms with Crippen LogP contribution in [0.25, 0.3) is 16.7 Å². The molecule has 0 saturated heterocycles. The summed E-state index contributed by atoms with van der Waals surface area (Å²) in [5, 5.41) is 13.8. The van der Waals surface area contributed by atoms with Crippen LogP contribution >= 0.6 is 0 Å². The fourth-order valence-corrected chi connectivity index (χ4v) is 2.30. The third-order valence-corrected chi connectivity index (χ3v) is 3.32. The monoisotopic (exact) mass is 286 g/mol. The van der Waals surface area contributed by atoms with Crippen LogP contribution in [0.15, 0.2) is 36.9 Å². The maximum Gasteiger partial charge on any atom is 0.124 e. The van der Waals surface area contributed by atoms with Gasteiger partial charge in [-0.05, 0) is 24.6 Å². The number of nitrogens with zero attached hydrogens (tertiary/aromatic N) is 4. The van der Waals surface area contributed by atoms with Crippen LogP contribution in [0.1, 0.15) is 18.9 Å². The molecule has 2 aromatic heterocycles. The Morgan fingerprint density at radius 2 is 2.24 bits per heavy atom. The number of rotatable bonds is 6. The van der Waals surface area contributed by atoms with Crippen LogP contribution in [0.3, 0.4) is 0 Å². The fourth-order valence-electron chi connectivity index (χ4n) is 2.30. The first-order chi connectivity index (χ1) is 10.3. The number of hydrogen-bond acceptors (Lipinski definition) is 4. The van der Waals surface area contributed by atoms with Crippen molar-refractivity contribution < 1.29 is 9.84 Å². The molecule has 1 N–H and O–H groups in total. The van der Waals surface area contributed by atoms with E-state index in [0.29, 0.717) is 6.73 Å². The lowest BCUT2D eigenvalue weighted by molar-refractivity contribution is 0.0800. The van der Waals surface area contributed by atoms with E-state index < -0.39 is 0 Å². The van der Waals surface area contributed by atoms with E-state index in [2.05, 4.69) is 17.0 Å². The lowest BCUT2D eigenvalue weighted by atomic mass is 10.1. The summed E-state index contributed by atoms with van der Waals surface area (Å²) >= 11 is 0. The molecule has 1 aromatic carbocycles. The van der Waals surface area contributed by atoms with Gasteiger partial charge < -0.3 is 14.4 Å². The molecule has 6 heteroatoms. The van der Waals surface area contributed by atoms with Crippen molar-refractivity contribution in [2.45, 2.75) is 26.7 Å². The summed E-state index contributed by atoms with van der Waals surface area (Å²) in [5.41, 5.74) is 3.46. The van der Waals surface area contributed by atoms with Gasteiger partial charge >= 0.3 is 0 Å². The van der Waals surface area contributed by atoms with E-state index >= 15 is 0 Å². The Morgan fingerprint density at radius 3 is 2.95 bits per heavy atom. The second kappa shape index (κ2) is 6.07. The molecule has 0 aliphatic carbocycles. The SMILES string of the molecule is CCCOCn1cnc2cc(-n3cccn3)c(CO)cc21. The van der Waals surface area contributed by atoms with Gasteiger partial charge in [0, 0.05) is 24.6 Å². The first-order valence-corrected chi connectivity index (χ1v) is 7.00. The lowest BCUT2D eigenvalue weighted by Crippen LogP contribution is -2.04. The van der Waals surface area contributed by atoms with Crippen LogP contribution in [-0.4, -0.2) is 31.0 Å². The highest BCUT2D eigenvalue weighted by molar-refractivity contribution is 5.79. The van der Waals surface area contributed by atoms with E-state index in [9.17, 15) is 5.11 Å². The molecule has 0 fully saturated rings. The number of ether oxygens (including phenoxy) is 1. The van der Waals surface area contributed by atoms with Gasteiger partial charge in [-0.3, -0.25) is 0 Å². The van der Waals surface area contributed by atoms with Crippen LogP contribution < -0.4 is 0 Å². The smallest absolute Gasteiger partial charge is 0.124 e. The van der Waals surface area contributed by atoms with E-state index in [1.54, 1.807) is 17.2 Å². The summed E-state index contributed by atoms with van der Waals surface area (Å²) in [4.78, 5) is 4.40. The molecule has 0 radical (unpaired) electrons. The van der Waals surface area contributed by atoms with Crippen molar-refractivity contribution in [1.82, 2.24) is 19.3 Å². The topological polar surface area (TPSA) is 65.1 Å². The van der Waals surface area contributed by atoms with E-state index in [1.165, 1.54) is 0 Å². The molecular formula is C15H18N4O2. The predicted octanol–water partition coefficient (Wildman–Crippen LogP) is 2.10. The predicted molar refractivity (Wildman–Crippen MR) is 79.0 cm³/mol. The minimum atomic E-state index is -0.0495. The Balaban J connectivity index is 2.01. The highest BCUT2D eigenvalue weighted by atomic mass is 16.5. The Kier molecular flexibility index (Phi) is 3.98. The third kappa shape index (κ3) is 2.68. The van der Waals surface area contributed by atoms with Gasteiger partial charge in [-0.1, -0.05) is 6.92 Å².